The molecule has 82 valence electrons. The van der Waals surface area contributed by atoms with Gasteiger partial charge in [0.25, 0.3) is 0 Å². The van der Waals surface area contributed by atoms with Crippen molar-refractivity contribution in [3.05, 3.63) is 0 Å². The van der Waals surface area contributed by atoms with Gasteiger partial charge in [0.2, 0.25) is 0 Å². The van der Waals surface area contributed by atoms with Gasteiger partial charge in [-0.1, -0.05) is 0 Å². The first-order chi connectivity index (χ1) is 6.42. The molecule has 1 saturated carbocycles. The van der Waals surface area contributed by atoms with Gasteiger partial charge in [0.05, 0.1) is 0 Å². The fourth-order valence-electron chi connectivity index (χ4n) is 2.41. The molecule has 14 heavy (non-hydrogen) atoms. The summed E-state index contributed by atoms with van der Waals surface area (Å²) in [5.74, 6) is 2.23. The number of aliphatic hydroxyl groups is 1. The Kier molecular flexibility index (Phi) is 2.50. The van der Waals surface area contributed by atoms with Gasteiger partial charge in [0.15, 0.2) is 5.60 Å². The van der Waals surface area contributed by atoms with Gasteiger partial charge in [-0.15, -0.1) is 0 Å². The molecule has 0 bridgehead atoms. The Morgan fingerprint density at radius 1 is 1.21 bits per heavy atom. The molecule has 3 unspecified atom stereocenters. The predicted molar refractivity (Wildman–Crippen MR) is 49.2 cm³/mol. The van der Waals surface area contributed by atoms with E-state index in [1.807, 2.05) is 0 Å². The average molecular weight is 226 g/mol. The normalized spacial score (nSPS) is 43.7. The van der Waals surface area contributed by atoms with Gasteiger partial charge in [0, 0.05) is 0 Å². The lowest BCUT2D eigenvalue weighted by Crippen LogP contribution is -2.50. The molecule has 0 aromatic rings. The second-order valence-electron chi connectivity index (χ2n) is 4.33. The maximum Gasteiger partial charge on any atom is 0.417 e. The summed E-state index contributed by atoms with van der Waals surface area (Å²) in [5, 5.41) is 9.52. The van der Waals surface area contributed by atoms with Crippen LogP contribution in [-0.2, 0) is 0 Å². The van der Waals surface area contributed by atoms with Gasteiger partial charge in [0.1, 0.15) is 0 Å². The van der Waals surface area contributed by atoms with Gasteiger partial charge < -0.3 is 5.11 Å². The molecule has 1 aliphatic carbocycles. The second-order valence-corrected chi connectivity index (χ2v) is 5.40. The van der Waals surface area contributed by atoms with Crippen LogP contribution in [0, 0.1) is 11.8 Å². The number of hydrogen-bond donors (Lipinski definition) is 1. The Balaban J connectivity index is 2.10. The Morgan fingerprint density at radius 3 is 2.50 bits per heavy atom. The van der Waals surface area contributed by atoms with Gasteiger partial charge in [-0.2, -0.15) is 24.9 Å². The molecule has 0 aromatic carbocycles. The van der Waals surface area contributed by atoms with E-state index in [1.54, 1.807) is 11.8 Å². The smallest absolute Gasteiger partial charge is 0.380 e. The van der Waals surface area contributed by atoms with Crippen LogP contribution in [0.25, 0.3) is 0 Å². The van der Waals surface area contributed by atoms with Crippen LogP contribution in [0.4, 0.5) is 13.2 Å². The first kappa shape index (κ1) is 10.6. The summed E-state index contributed by atoms with van der Waals surface area (Å²) < 4.78 is 37.6. The molecular weight excluding hydrogens is 213 g/mol. The van der Waals surface area contributed by atoms with Crippen molar-refractivity contribution in [1.29, 1.82) is 0 Å². The van der Waals surface area contributed by atoms with E-state index in [4.69, 9.17) is 0 Å². The van der Waals surface area contributed by atoms with Crippen LogP contribution in [-0.4, -0.2) is 28.4 Å². The highest BCUT2D eigenvalue weighted by Gasteiger charge is 2.57. The summed E-state index contributed by atoms with van der Waals surface area (Å²) in [6, 6.07) is 0. The molecule has 2 aliphatic rings. The molecule has 0 aromatic heterocycles. The first-order valence-electron chi connectivity index (χ1n) is 4.79. The molecule has 2 fully saturated rings. The molecule has 1 heterocycles. The Bertz CT molecular complexity index is 231. The van der Waals surface area contributed by atoms with Crippen molar-refractivity contribution in [1.82, 2.24) is 0 Å². The lowest BCUT2D eigenvalue weighted by molar-refractivity contribution is -0.275. The highest BCUT2D eigenvalue weighted by molar-refractivity contribution is 7.99. The largest absolute Gasteiger partial charge is 0.417 e. The third-order valence-corrected chi connectivity index (χ3v) is 4.71. The first-order valence-corrected chi connectivity index (χ1v) is 5.95. The highest BCUT2D eigenvalue weighted by Crippen LogP contribution is 2.49. The van der Waals surface area contributed by atoms with E-state index in [-0.39, 0.29) is 18.8 Å². The van der Waals surface area contributed by atoms with Crippen LogP contribution in [0.15, 0.2) is 0 Å². The lowest BCUT2D eigenvalue weighted by atomic mass is 9.73. The number of alkyl halides is 3. The number of rotatable bonds is 0. The van der Waals surface area contributed by atoms with Crippen molar-refractivity contribution in [3.63, 3.8) is 0 Å². The summed E-state index contributed by atoms with van der Waals surface area (Å²) in [7, 11) is 0. The summed E-state index contributed by atoms with van der Waals surface area (Å²) in [6.45, 7) is 0. The molecule has 0 radical (unpaired) electrons. The van der Waals surface area contributed by atoms with E-state index in [1.165, 1.54) is 0 Å². The van der Waals surface area contributed by atoms with E-state index in [0.29, 0.717) is 12.3 Å². The quantitative estimate of drug-likeness (QED) is 0.684. The predicted octanol–water partition coefficient (Wildman–Crippen LogP) is 2.44. The highest BCUT2D eigenvalue weighted by atomic mass is 32.2. The topological polar surface area (TPSA) is 20.2 Å². The van der Waals surface area contributed by atoms with Crippen LogP contribution in [0.3, 0.4) is 0 Å². The third kappa shape index (κ3) is 1.65. The van der Waals surface area contributed by atoms with Crippen LogP contribution < -0.4 is 0 Å². The van der Waals surface area contributed by atoms with Crippen LogP contribution >= 0.6 is 11.8 Å². The van der Waals surface area contributed by atoms with Gasteiger partial charge in [-0.25, -0.2) is 0 Å². The zero-order valence-electron chi connectivity index (χ0n) is 7.68. The molecular formula is C9H13F3OS. The van der Waals surface area contributed by atoms with E-state index in [2.05, 4.69) is 0 Å². The van der Waals surface area contributed by atoms with Crippen LogP contribution in [0.2, 0.25) is 0 Å². The number of fused-ring (bicyclic) bond motifs is 1. The van der Waals surface area contributed by atoms with Crippen molar-refractivity contribution in [2.75, 3.05) is 11.5 Å². The van der Waals surface area contributed by atoms with Crippen LogP contribution in [0.1, 0.15) is 19.3 Å². The lowest BCUT2D eigenvalue weighted by Gasteiger charge is -2.39. The van der Waals surface area contributed by atoms with Crippen molar-refractivity contribution < 1.29 is 18.3 Å². The molecule has 0 spiro atoms. The molecule has 1 nitrogen and oxygen atoms in total. The summed E-state index contributed by atoms with van der Waals surface area (Å²) in [6.07, 6.45) is -4.13. The SMILES string of the molecule is OC1(C(F)(F)F)CCC2CSCC2C1. The minimum Gasteiger partial charge on any atom is -0.380 e. The zero-order valence-corrected chi connectivity index (χ0v) is 8.50. The summed E-state index contributed by atoms with van der Waals surface area (Å²) in [5.41, 5.74) is -2.40. The zero-order chi connectivity index (χ0) is 10.4. The fraction of sp³-hybridized carbons (Fsp3) is 1.00. The molecule has 2 rings (SSSR count). The molecule has 5 heteroatoms. The van der Waals surface area contributed by atoms with Crippen molar-refractivity contribution in [2.45, 2.75) is 31.0 Å². The summed E-state index contributed by atoms with van der Waals surface area (Å²) >= 11 is 1.71. The number of thioether (sulfide) groups is 1. The Morgan fingerprint density at radius 2 is 1.86 bits per heavy atom. The standard InChI is InChI=1S/C9H13F3OS/c10-9(11,12)8(13)2-1-6-4-14-5-7(6)3-8/h6-7,13H,1-5H2. The van der Waals surface area contributed by atoms with E-state index >= 15 is 0 Å². The van der Waals surface area contributed by atoms with Crippen molar-refractivity contribution in [2.24, 2.45) is 11.8 Å². The molecule has 1 aliphatic heterocycles. The molecule has 0 amide bonds. The average Bonchev–Trinajstić information content (AvgIpc) is 2.48. The van der Waals surface area contributed by atoms with E-state index < -0.39 is 11.8 Å². The van der Waals surface area contributed by atoms with Crippen molar-refractivity contribution in [3.8, 4) is 0 Å². The summed E-state index contributed by atoms with van der Waals surface area (Å²) in [4.78, 5) is 0. The van der Waals surface area contributed by atoms with Crippen molar-refractivity contribution >= 4 is 11.8 Å². The minimum absolute atomic E-state index is 0.0698. The number of halogens is 3. The van der Waals surface area contributed by atoms with Gasteiger partial charge >= 0.3 is 6.18 Å². The molecule has 3 atom stereocenters. The molecule has 1 saturated heterocycles. The van der Waals surface area contributed by atoms with E-state index in [9.17, 15) is 18.3 Å². The maximum atomic E-state index is 12.5. The maximum absolute atomic E-state index is 12.5. The minimum atomic E-state index is -4.45. The Hall–Kier alpha value is 0.100. The van der Waals surface area contributed by atoms with Gasteiger partial charge in [-0.05, 0) is 42.6 Å². The van der Waals surface area contributed by atoms with Crippen LogP contribution in [0.5, 0.6) is 0 Å². The van der Waals surface area contributed by atoms with Gasteiger partial charge in [-0.3, -0.25) is 0 Å². The Labute approximate surface area is 85.1 Å². The fourth-order valence-corrected chi connectivity index (χ4v) is 3.98. The number of hydrogen-bond acceptors (Lipinski definition) is 2. The monoisotopic (exact) mass is 226 g/mol. The third-order valence-electron chi connectivity index (χ3n) is 3.39. The second kappa shape index (κ2) is 3.30. The van der Waals surface area contributed by atoms with E-state index in [0.717, 1.165) is 11.5 Å². The molecule has 1 N–H and O–H groups in total.